The zero-order valence-corrected chi connectivity index (χ0v) is 20.2. The maximum absolute atomic E-state index is 13.6. The first-order chi connectivity index (χ1) is 16.4. The number of hydrogen-bond donors (Lipinski definition) is 2. The fourth-order valence-electron chi connectivity index (χ4n) is 5.30. The summed E-state index contributed by atoms with van der Waals surface area (Å²) in [5, 5.41) is 6.09. The zero-order chi connectivity index (χ0) is 23.7. The number of morpholine rings is 1. The Hall–Kier alpha value is -2.90. The molecule has 3 aliphatic heterocycles. The first-order valence-corrected chi connectivity index (χ1v) is 12.3. The van der Waals surface area contributed by atoms with E-state index < -0.39 is 0 Å². The van der Waals surface area contributed by atoms with Gasteiger partial charge in [-0.25, -0.2) is 0 Å². The van der Waals surface area contributed by atoms with Crippen LogP contribution in [0.2, 0.25) is 0 Å². The third-order valence-electron chi connectivity index (χ3n) is 7.15. The Bertz CT molecular complexity index is 1090. The van der Waals surface area contributed by atoms with E-state index in [0.29, 0.717) is 6.42 Å². The first-order valence-electron chi connectivity index (χ1n) is 12.3. The minimum atomic E-state index is -0.281. The highest BCUT2D eigenvalue weighted by Gasteiger charge is 2.32. The van der Waals surface area contributed by atoms with Crippen molar-refractivity contribution in [1.82, 2.24) is 4.90 Å². The lowest BCUT2D eigenvalue weighted by Crippen LogP contribution is -2.35. The SMILES string of the molecule is CC1(C)CC(=O)Nc2ccc(NC(=O)c3cc(CN4CCOCC4)ccc3N3CCCC3)cc21. The number of benzene rings is 2. The summed E-state index contributed by atoms with van der Waals surface area (Å²) in [7, 11) is 0. The van der Waals surface area contributed by atoms with Crippen LogP contribution in [0, 0.1) is 0 Å². The number of amides is 2. The van der Waals surface area contributed by atoms with Crippen molar-refractivity contribution in [2.45, 2.75) is 45.1 Å². The quantitative estimate of drug-likeness (QED) is 0.703. The van der Waals surface area contributed by atoms with Crippen molar-refractivity contribution in [1.29, 1.82) is 0 Å². The molecule has 180 valence electrons. The van der Waals surface area contributed by atoms with Gasteiger partial charge in [-0.2, -0.15) is 0 Å². The average Bonchev–Trinajstić information content (AvgIpc) is 3.34. The molecule has 3 heterocycles. The summed E-state index contributed by atoms with van der Waals surface area (Å²) in [4.78, 5) is 30.3. The zero-order valence-electron chi connectivity index (χ0n) is 20.2. The minimum Gasteiger partial charge on any atom is -0.379 e. The molecular weight excluding hydrogens is 428 g/mol. The lowest BCUT2D eigenvalue weighted by Gasteiger charge is -2.32. The number of carbonyl (C=O) groups is 2. The van der Waals surface area contributed by atoms with E-state index in [2.05, 4.69) is 52.5 Å². The molecule has 2 N–H and O–H groups in total. The molecule has 2 saturated heterocycles. The first kappa shape index (κ1) is 22.9. The molecule has 7 nitrogen and oxygen atoms in total. The van der Waals surface area contributed by atoms with Crippen molar-refractivity contribution in [3.05, 3.63) is 53.1 Å². The van der Waals surface area contributed by atoms with Crippen LogP contribution in [0.3, 0.4) is 0 Å². The topological polar surface area (TPSA) is 73.9 Å². The van der Waals surface area contributed by atoms with Crippen LogP contribution in [0.25, 0.3) is 0 Å². The summed E-state index contributed by atoms with van der Waals surface area (Å²) < 4.78 is 5.48. The van der Waals surface area contributed by atoms with Gasteiger partial charge in [0.25, 0.3) is 5.91 Å². The van der Waals surface area contributed by atoms with Gasteiger partial charge in [0.2, 0.25) is 5.91 Å². The summed E-state index contributed by atoms with van der Waals surface area (Å²) in [5.41, 5.74) is 5.21. The maximum atomic E-state index is 13.6. The van der Waals surface area contributed by atoms with Gasteiger partial charge in [0.1, 0.15) is 0 Å². The Kier molecular flexibility index (Phi) is 6.32. The number of carbonyl (C=O) groups excluding carboxylic acids is 2. The van der Waals surface area contributed by atoms with Crippen LogP contribution >= 0.6 is 0 Å². The van der Waals surface area contributed by atoms with Crippen molar-refractivity contribution in [2.24, 2.45) is 0 Å². The molecule has 2 amide bonds. The second-order valence-electron chi connectivity index (χ2n) is 10.3. The smallest absolute Gasteiger partial charge is 0.257 e. The second-order valence-corrected chi connectivity index (χ2v) is 10.3. The largest absolute Gasteiger partial charge is 0.379 e. The summed E-state index contributed by atoms with van der Waals surface area (Å²) in [6, 6.07) is 12.1. The van der Waals surface area contributed by atoms with E-state index in [1.807, 2.05) is 18.2 Å². The van der Waals surface area contributed by atoms with Gasteiger partial charge in [-0.3, -0.25) is 14.5 Å². The predicted molar refractivity (Wildman–Crippen MR) is 135 cm³/mol. The van der Waals surface area contributed by atoms with E-state index in [9.17, 15) is 9.59 Å². The van der Waals surface area contributed by atoms with Gasteiger partial charge in [-0.1, -0.05) is 19.9 Å². The van der Waals surface area contributed by atoms with Gasteiger partial charge in [0.05, 0.1) is 18.8 Å². The Labute approximate surface area is 201 Å². The summed E-state index contributed by atoms with van der Waals surface area (Å²) >= 11 is 0. The normalized spacial score (nSPS) is 20.1. The molecule has 0 spiro atoms. The van der Waals surface area contributed by atoms with Crippen molar-refractivity contribution >= 4 is 28.9 Å². The molecule has 2 aromatic rings. The van der Waals surface area contributed by atoms with E-state index in [1.165, 1.54) is 0 Å². The molecule has 5 rings (SSSR count). The average molecular weight is 463 g/mol. The fraction of sp³-hybridized carbons (Fsp3) is 0.481. The number of hydrogen-bond acceptors (Lipinski definition) is 5. The third-order valence-corrected chi connectivity index (χ3v) is 7.15. The standard InChI is InChI=1S/C27H34N4O3/c1-27(2)17-25(32)29-23-7-6-20(16-22(23)27)28-26(33)21-15-19(18-30-11-13-34-14-12-30)5-8-24(21)31-9-3-4-10-31/h5-8,15-16H,3-4,9-14,17-18H2,1-2H3,(H,28,33)(H,29,32). The molecule has 0 aliphatic carbocycles. The van der Waals surface area contributed by atoms with E-state index in [-0.39, 0.29) is 17.2 Å². The predicted octanol–water partition coefficient (Wildman–Crippen LogP) is 3.99. The van der Waals surface area contributed by atoms with Crippen LogP contribution in [-0.4, -0.2) is 56.1 Å². The Morgan fingerprint density at radius 2 is 1.82 bits per heavy atom. The van der Waals surface area contributed by atoms with Gasteiger partial charge in [0.15, 0.2) is 0 Å². The number of rotatable bonds is 5. The molecule has 2 fully saturated rings. The molecule has 0 atom stereocenters. The van der Waals surface area contributed by atoms with E-state index in [4.69, 9.17) is 4.74 Å². The molecule has 0 aromatic heterocycles. The van der Waals surface area contributed by atoms with Gasteiger partial charge < -0.3 is 20.3 Å². The number of fused-ring (bicyclic) bond motifs is 1. The van der Waals surface area contributed by atoms with Crippen LogP contribution in [0.5, 0.6) is 0 Å². The lowest BCUT2D eigenvalue weighted by molar-refractivity contribution is -0.117. The molecular formula is C27H34N4O3. The fourth-order valence-corrected chi connectivity index (χ4v) is 5.30. The molecule has 0 radical (unpaired) electrons. The van der Waals surface area contributed by atoms with Gasteiger partial charge in [-0.05, 0) is 54.3 Å². The highest BCUT2D eigenvalue weighted by atomic mass is 16.5. The van der Waals surface area contributed by atoms with Crippen LogP contribution < -0.4 is 15.5 Å². The van der Waals surface area contributed by atoms with Gasteiger partial charge in [0, 0.05) is 61.6 Å². The van der Waals surface area contributed by atoms with Crippen molar-refractivity contribution in [3.63, 3.8) is 0 Å². The van der Waals surface area contributed by atoms with E-state index in [1.54, 1.807) is 0 Å². The number of ether oxygens (including phenoxy) is 1. The van der Waals surface area contributed by atoms with Crippen LogP contribution in [0.15, 0.2) is 36.4 Å². The molecule has 34 heavy (non-hydrogen) atoms. The van der Waals surface area contributed by atoms with E-state index in [0.717, 1.165) is 92.5 Å². The number of nitrogens with one attached hydrogen (secondary N) is 2. The van der Waals surface area contributed by atoms with Gasteiger partial charge in [-0.15, -0.1) is 0 Å². The molecule has 7 heteroatoms. The molecule has 0 unspecified atom stereocenters. The molecule has 3 aliphatic rings. The monoisotopic (exact) mass is 462 g/mol. The lowest BCUT2D eigenvalue weighted by atomic mass is 9.78. The Morgan fingerprint density at radius 1 is 1.06 bits per heavy atom. The minimum absolute atomic E-state index is 0.0293. The Morgan fingerprint density at radius 3 is 2.59 bits per heavy atom. The van der Waals surface area contributed by atoms with Crippen LogP contribution in [0.1, 0.15) is 54.6 Å². The maximum Gasteiger partial charge on any atom is 0.257 e. The Balaban J connectivity index is 1.41. The highest BCUT2D eigenvalue weighted by Crippen LogP contribution is 2.38. The van der Waals surface area contributed by atoms with Crippen LogP contribution in [-0.2, 0) is 21.5 Å². The van der Waals surface area contributed by atoms with Crippen LogP contribution in [0.4, 0.5) is 17.1 Å². The number of anilines is 3. The van der Waals surface area contributed by atoms with Crippen molar-refractivity contribution < 1.29 is 14.3 Å². The molecule has 0 saturated carbocycles. The van der Waals surface area contributed by atoms with Crippen molar-refractivity contribution in [2.75, 3.05) is 54.9 Å². The van der Waals surface area contributed by atoms with Crippen molar-refractivity contribution in [3.8, 4) is 0 Å². The summed E-state index contributed by atoms with van der Waals surface area (Å²) in [6.45, 7) is 10.3. The summed E-state index contributed by atoms with van der Waals surface area (Å²) in [5.74, 6) is -0.0649. The number of nitrogens with zero attached hydrogens (tertiary/aromatic N) is 2. The third kappa shape index (κ3) is 4.81. The second kappa shape index (κ2) is 9.39. The summed E-state index contributed by atoms with van der Waals surface area (Å²) in [6.07, 6.45) is 2.74. The highest BCUT2D eigenvalue weighted by molar-refractivity contribution is 6.08. The molecule has 0 bridgehead atoms. The van der Waals surface area contributed by atoms with E-state index >= 15 is 0 Å². The van der Waals surface area contributed by atoms with Gasteiger partial charge >= 0.3 is 0 Å². The molecule has 2 aromatic carbocycles.